The molecule has 0 saturated carbocycles. The van der Waals surface area contributed by atoms with Crippen molar-refractivity contribution >= 4 is 17.7 Å². The van der Waals surface area contributed by atoms with Gasteiger partial charge >= 0.3 is 11.9 Å². The quantitative estimate of drug-likeness (QED) is 0.428. The third kappa shape index (κ3) is 3.72. The molecule has 5 nitrogen and oxygen atoms in total. The van der Waals surface area contributed by atoms with E-state index in [0.29, 0.717) is 12.8 Å². The lowest BCUT2D eigenvalue weighted by molar-refractivity contribution is -0.172. The van der Waals surface area contributed by atoms with Crippen LogP contribution in [0.1, 0.15) is 26.2 Å². The van der Waals surface area contributed by atoms with Gasteiger partial charge in [0, 0.05) is 12.3 Å². The number of methoxy groups -OCH3 is 2. The fourth-order valence-corrected chi connectivity index (χ4v) is 2.62. The summed E-state index contributed by atoms with van der Waals surface area (Å²) < 4.78 is 9.73. The van der Waals surface area contributed by atoms with Crippen LogP contribution in [-0.2, 0) is 23.9 Å². The Balaban J connectivity index is 3.25. The summed E-state index contributed by atoms with van der Waals surface area (Å²) in [4.78, 5) is 36.1. The third-order valence-corrected chi connectivity index (χ3v) is 3.83. The maximum absolute atomic E-state index is 12.4. The fourth-order valence-electron chi connectivity index (χ4n) is 2.62. The van der Waals surface area contributed by atoms with E-state index in [1.807, 2.05) is 13.0 Å². The van der Waals surface area contributed by atoms with Gasteiger partial charge in [0.1, 0.15) is 0 Å². The van der Waals surface area contributed by atoms with Crippen molar-refractivity contribution < 1.29 is 23.9 Å². The molecule has 1 rings (SSSR count). The van der Waals surface area contributed by atoms with Crippen molar-refractivity contribution in [3.63, 3.8) is 0 Å². The van der Waals surface area contributed by atoms with Gasteiger partial charge in [0.15, 0.2) is 11.2 Å². The first-order valence-electron chi connectivity index (χ1n) is 7.18. The highest BCUT2D eigenvalue weighted by Crippen LogP contribution is 2.40. The first-order chi connectivity index (χ1) is 10.5. The first kappa shape index (κ1) is 17.9. The number of carbonyl (C=O) groups excluding carboxylic acids is 3. The molecule has 1 aliphatic carbocycles. The summed E-state index contributed by atoms with van der Waals surface area (Å²) in [6.07, 6.45) is 11.0. The molecule has 120 valence electrons. The van der Waals surface area contributed by atoms with Crippen LogP contribution in [-0.4, -0.2) is 31.9 Å². The molecule has 0 heterocycles. The van der Waals surface area contributed by atoms with Gasteiger partial charge in [0.25, 0.3) is 0 Å². The molecule has 5 heteroatoms. The Kier molecular flexibility index (Phi) is 6.76. The molecule has 1 aliphatic rings. The van der Waals surface area contributed by atoms with E-state index in [1.165, 1.54) is 20.3 Å². The van der Waals surface area contributed by atoms with Gasteiger partial charge in [-0.25, -0.2) is 0 Å². The second-order valence-corrected chi connectivity index (χ2v) is 5.08. The summed E-state index contributed by atoms with van der Waals surface area (Å²) in [5.41, 5.74) is -1.46. The van der Waals surface area contributed by atoms with Crippen LogP contribution >= 0.6 is 0 Å². The molecule has 22 heavy (non-hydrogen) atoms. The van der Waals surface area contributed by atoms with E-state index in [-0.39, 0.29) is 12.2 Å². The van der Waals surface area contributed by atoms with E-state index in [2.05, 4.69) is 0 Å². The minimum atomic E-state index is -1.46. The smallest absolute Gasteiger partial charge is 0.324 e. The summed E-state index contributed by atoms with van der Waals surface area (Å²) in [6.45, 7) is 1.87. The Hall–Kier alpha value is -2.17. The summed E-state index contributed by atoms with van der Waals surface area (Å²) >= 11 is 0. The van der Waals surface area contributed by atoms with Crippen molar-refractivity contribution in [1.29, 1.82) is 0 Å². The van der Waals surface area contributed by atoms with E-state index < -0.39 is 23.3 Å². The summed E-state index contributed by atoms with van der Waals surface area (Å²) in [7, 11) is 2.49. The van der Waals surface area contributed by atoms with Crippen molar-refractivity contribution in [2.45, 2.75) is 26.2 Å². The molecule has 0 fully saturated rings. The lowest BCUT2D eigenvalue weighted by Crippen LogP contribution is -2.47. The molecule has 0 saturated heterocycles. The summed E-state index contributed by atoms with van der Waals surface area (Å²) in [6, 6.07) is 0. The maximum atomic E-state index is 12.4. The standard InChI is InChI=1S/C17H22O5/c1-4-5-6-7-12-17(15(19)21-2,16(20)22-3)13-8-10-14(18)11-9-13/h4-8,10,13H,9,11-12H2,1-3H3/b5-4+,7-6+. The van der Waals surface area contributed by atoms with Crippen molar-refractivity contribution in [1.82, 2.24) is 0 Å². The van der Waals surface area contributed by atoms with Crippen LogP contribution in [0.5, 0.6) is 0 Å². The van der Waals surface area contributed by atoms with E-state index in [9.17, 15) is 14.4 Å². The van der Waals surface area contributed by atoms with Crippen LogP contribution in [0.4, 0.5) is 0 Å². The highest BCUT2D eigenvalue weighted by molar-refractivity contribution is 6.01. The van der Waals surface area contributed by atoms with E-state index in [4.69, 9.17) is 9.47 Å². The van der Waals surface area contributed by atoms with E-state index >= 15 is 0 Å². The normalized spacial score (nSPS) is 18.9. The molecule has 0 radical (unpaired) electrons. The van der Waals surface area contributed by atoms with Gasteiger partial charge in [0.05, 0.1) is 14.2 Å². The highest BCUT2D eigenvalue weighted by atomic mass is 16.5. The number of allylic oxidation sites excluding steroid dienone is 6. The predicted octanol–water partition coefficient (Wildman–Crippen LogP) is 2.38. The van der Waals surface area contributed by atoms with Gasteiger partial charge in [-0.2, -0.15) is 0 Å². The number of esters is 2. The van der Waals surface area contributed by atoms with Crippen molar-refractivity contribution in [3.05, 3.63) is 36.5 Å². The van der Waals surface area contributed by atoms with Crippen molar-refractivity contribution in [3.8, 4) is 0 Å². The Morgan fingerprint density at radius 2 is 1.91 bits per heavy atom. The Morgan fingerprint density at radius 3 is 2.36 bits per heavy atom. The zero-order chi connectivity index (χ0) is 16.6. The van der Waals surface area contributed by atoms with Crippen molar-refractivity contribution in [2.24, 2.45) is 11.3 Å². The number of carbonyl (C=O) groups is 3. The van der Waals surface area contributed by atoms with E-state index in [0.717, 1.165) is 0 Å². The van der Waals surface area contributed by atoms with Crippen LogP contribution in [0.25, 0.3) is 0 Å². The molecule has 0 amide bonds. The lowest BCUT2D eigenvalue weighted by Gasteiger charge is -2.34. The Labute approximate surface area is 130 Å². The minimum Gasteiger partial charge on any atom is -0.468 e. The molecular formula is C17H22O5. The molecule has 1 atom stereocenters. The van der Waals surface area contributed by atoms with Gasteiger partial charge in [0.2, 0.25) is 0 Å². The van der Waals surface area contributed by atoms with Crippen LogP contribution in [0, 0.1) is 11.3 Å². The lowest BCUT2D eigenvalue weighted by atomic mass is 9.69. The fraction of sp³-hybridized carbons (Fsp3) is 0.471. The SMILES string of the molecule is C/C=C/C=C/CC(C(=O)OC)(C(=O)OC)C1C=CC(=O)CC1. The molecule has 0 aromatic heterocycles. The largest absolute Gasteiger partial charge is 0.468 e. The number of hydrogen-bond donors (Lipinski definition) is 0. The third-order valence-electron chi connectivity index (χ3n) is 3.83. The Morgan fingerprint density at radius 1 is 1.27 bits per heavy atom. The predicted molar refractivity (Wildman–Crippen MR) is 81.9 cm³/mol. The summed E-state index contributed by atoms with van der Waals surface area (Å²) in [5, 5.41) is 0. The average Bonchev–Trinajstić information content (AvgIpc) is 2.55. The second kappa shape index (κ2) is 8.32. The highest BCUT2D eigenvalue weighted by Gasteiger charge is 2.53. The van der Waals surface area contributed by atoms with Crippen molar-refractivity contribution in [2.75, 3.05) is 14.2 Å². The average molecular weight is 306 g/mol. The first-order valence-corrected chi connectivity index (χ1v) is 7.18. The van der Waals surface area contributed by atoms with Crippen LogP contribution in [0.3, 0.4) is 0 Å². The molecule has 1 unspecified atom stereocenters. The second-order valence-electron chi connectivity index (χ2n) is 5.08. The number of rotatable bonds is 6. The van der Waals surface area contributed by atoms with E-state index in [1.54, 1.807) is 24.3 Å². The van der Waals surface area contributed by atoms with Crippen LogP contribution < -0.4 is 0 Å². The molecule has 0 aromatic carbocycles. The van der Waals surface area contributed by atoms with Gasteiger partial charge < -0.3 is 9.47 Å². The number of hydrogen-bond acceptors (Lipinski definition) is 5. The van der Waals surface area contributed by atoms with Gasteiger partial charge in [-0.05, 0) is 25.8 Å². The minimum absolute atomic E-state index is 0.00987. The molecular weight excluding hydrogens is 284 g/mol. The molecule has 0 N–H and O–H groups in total. The van der Waals surface area contributed by atoms with Crippen LogP contribution in [0.2, 0.25) is 0 Å². The monoisotopic (exact) mass is 306 g/mol. The molecule has 0 spiro atoms. The zero-order valence-corrected chi connectivity index (χ0v) is 13.2. The maximum Gasteiger partial charge on any atom is 0.324 e. The summed E-state index contributed by atoms with van der Waals surface area (Å²) in [5.74, 6) is -1.73. The molecule has 0 bridgehead atoms. The topological polar surface area (TPSA) is 69.7 Å². The molecule has 0 aromatic rings. The van der Waals surface area contributed by atoms with Gasteiger partial charge in [-0.3, -0.25) is 14.4 Å². The zero-order valence-electron chi connectivity index (χ0n) is 13.2. The Bertz CT molecular complexity index is 497. The van der Waals surface area contributed by atoms with Crippen LogP contribution in [0.15, 0.2) is 36.5 Å². The van der Waals surface area contributed by atoms with Gasteiger partial charge in [-0.1, -0.05) is 30.4 Å². The number of ketones is 1. The number of ether oxygens (including phenoxy) is 2. The molecule has 0 aliphatic heterocycles. The van der Waals surface area contributed by atoms with Gasteiger partial charge in [-0.15, -0.1) is 0 Å².